The standard InChI is InChI=1S/C14H17FN2O2/c15-11-3-8(5-16-7-11)6-17-13-10-2-1-9(4-10)12(13)14(18)19/h3,5,7,9-10,12-13,17H,1-2,4,6H2,(H,18,19). The summed E-state index contributed by atoms with van der Waals surface area (Å²) in [4.78, 5) is 15.2. The maximum Gasteiger partial charge on any atom is 0.308 e. The molecule has 0 aliphatic heterocycles. The van der Waals surface area contributed by atoms with Crippen molar-refractivity contribution in [3.8, 4) is 0 Å². The number of pyridine rings is 1. The average Bonchev–Trinajstić information content (AvgIpc) is 2.96. The minimum Gasteiger partial charge on any atom is -0.481 e. The van der Waals surface area contributed by atoms with E-state index in [1.54, 1.807) is 6.20 Å². The van der Waals surface area contributed by atoms with Crippen LogP contribution in [-0.4, -0.2) is 22.1 Å². The number of halogens is 1. The van der Waals surface area contributed by atoms with Crippen molar-refractivity contribution in [2.75, 3.05) is 0 Å². The molecule has 4 nitrogen and oxygen atoms in total. The van der Waals surface area contributed by atoms with E-state index in [0.717, 1.165) is 24.8 Å². The number of carboxylic acids is 1. The van der Waals surface area contributed by atoms with Crippen LogP contribution in [0.25, 0.3) is 0 Å². The van der Waals surface area contributed by atoms with Gasteiger partial charge in [-0.1, -0.05) is 0 Å². The molecule has 0 aromatic carbocycles. The first kappa shape index (κ1) is 12.5. The van der Waals surface area contributed by atoms with Crippen molar-refractivity contribution < 1.29 is 14.3 Å². The highest BCUT2D eigenvalue weighted by Crippen LogP contribution is 2.48. The maximum absolute atomic E-state index is 13.0. The van der Waals surface area contributed by atoms with Crippen molar-refractivity contribution in [2.24, 2.45) is 17.8 Å². The van der Waals surface area contributed by atoms with Crippen LogP contribution in [0.5, 0.6) is 0 Å². The van der Waals surface area contributed by atoms with Crippen LogP contribution in [0.3, 0.4) is 0 Å². The molecule has 0 saturated heterocycles. The zero-order valence-electron chi connectivity index (χ0n) is 10.6. The third kappa shape index (κ3) is 2.34. The number of aromatic nitrogens is 1. The van der Waals surface area contributed by atoms with E-state index in [2.05, 4.69) is 10.3 Å². The molecule has 0 radical (unpaired) electrons. The molecule has 3 rings (SSSR count). The second-order valence-corrected chi connectivity index (χ2v) is 5.62. The van der Waals surface area contributed by atoms with Crippen LogP contribution < -0.4 is 5.32 Å². The van der Waals surface area contributed by atoms with Gasteiger partial charge < -0.3 is 10.4 Å². The van der Waals surface area contributed by atoms with Crippen LogP contribution in [0.4, 0.5) is 4.39 Å². The quantitative estimate of drug-likeness (QED) is 0.870. The second kappa shape index (κ2) is 4.89. The number of rotatable bonds is 4. The molecule has 2 saturated carbocycles. The zero-order chi connectivity index (χ0) is 13.4. The van der Waals surface area contributed by atoms with Crippen molar-refractivity contribution in [1.82, 2.24) is 10.3 Å². The van der Waals surface area contributed by atoms with E-state index in [9.17, 15) is 14.3 Å². The SMILES string of the molecule is O=C(O)C1C2CCC(C2)C1NCc1cncc(F)c1. The first-order valence-corrected chi connectivity index (χ1v) is 6.71. The molecule has 4 atom stereocenters. The van der Waals surface area contributed by atoms with Gasteiger partial charge in [0.05, 0.1) is 12.1 Å². The van der Waals surface area contributed by atoms with E-state index in [1.807, 2.05) is 0 Å². The summed E-state index contributed by atoms with van der Waals surface area (Å²) in [5, 5.41) is 12.6. The van der Waals surface area contributed by atoms with Crippen LogP contribution >= 0.6 is 0 Å². The molecular formula is C14H17FN2O2. The van der Waals surface area contributed by atoms with Crippen molar-refractivity contribution >= 4 is 5.97 Å². The van der Waals surface area contributed by atoms with E-state index in [1.165, 1.54) is 12.3 Å². The summed E-state index contributed by atoms with van der Waals surface area (Å²) in [6.45, 7) is 0.475. The van der Waals surface area contributed by atoms with E-state index < -0.39 is 5.97 Å². The van der Waals surface area contributed by atoms with Gasteiger partial charge in [0, 0.05) is 18.8 Å². The maximum atomic E-state index is 13.0. The van der Waals surface area contributed by atoms with Crippen LogP contribution in [0.2, 0.25) is 0 Å². The number of nitrogens with one attached hydrogen (secondary N) is 1. The molecule has 1 aromatic heterocycles. The minimum absolute atomic E-state index is 0.0134. The number of carboxylic acid groups (broad SMARTS) is 1. The Hall–Kier alpha value is -1.49. The summed E-state index contributed by atoms with van der Waals surface area (Å²) < 4.78 is 13.0. The monoisotopic (exact) mass is 264 g/mol. The highest BCUT2D eigenvalue weighted by Gasteiger charge is 2.50. The van der Waals surface area contributed by atoms with E-state index in [4.69, 9.17) is 0 Å². The summed E-state index contributed by atoms with van der Waals surface area (Å²) in [6.07, 6.45) is 5.92. The summed E-state index contributed by atoms with van der Waals surface area (Å²) in [5.74, 6) is -0.595. The first-order valence-electron chi connectivity index (χ1n) is 6.71. The van der Waals surface area contributed by atoms with Gasteiger partial charge in [0.1, 0.15) is 5.82 Å². The fourth-order valence-electron chi connectivity index (χ4n) is 3.73. The van der Waals surface area contributed by atoms with Crippen LogP contribution in [0, 0.1) is 23.6 Å². The first-order chi connectivity index (χ1) is 9.15. The molecule has 0 spiro atoms. The Morgan fingerprint density at radius 1 is 1.42 bits per heavy atom. The van der Waals surface area contributed by atoms with E-state index >= 15 is 0 Å². The Labute approximate surface area is 111 Å². The van der Waals surface area contributed by atoms with Gasteiger partial charge in [-0.25, -0.2) is 4.39 Å². The van der Waals surface area contributed by atoms with Gasteiger partial charge in [-0.2, -0.15) is 0 Å². The van der Waals surface area contributed by atoms with Crippen molar-refractivity contribution in [3.63, 3.8) is 0 Å². The lowest BCUT2D eigenvalue weighted by atomic mass is 9.84. The molecule has 2 bridgehead atoms. The Morgan fingerprint density at radius 3 is 2.95 bits per heavy atom. The summed E-state index contributed by atoms with van der Waals surface area (Å²) in [5.41, 5.74) is 0.756. The van der Waals surface area contributed by atoms with Crippen LogP contribution in [0.1, 0.15) is 24.8 Å². The van der Waals surface area contributed by atoms with Gasteiger partial charge in [-0.3, -0.25) is 9.78 Å². The summed E-state index contributed by atoms with van der Waals surface area (Å²) >= 11 is 0. The van der Waals surface area contributed by atoms with E-state index in [0.29, 0.717) is 18.4 Å². The molecule has 1 heterocycles. The number of hydrogen-bond acceptors (Lipinski definition) is 3. The normalized spacial score (nSPS) is 32.7. The van der Waals surface area contributed by atoms with Gasteiger partial charge in [0.2, 0.25) is 0 Å². The summed E-state index contributed by atoms with van der Waals surface area (Å²) in [6, 6.07) is 1.45. The van der Waals surface area contributed by atoms with Crippen molar-refractivity contribution in [2.45, 2.75) is 31.8 Å². The Kier molecular flexibility index (Phi) is 3.22. The second-order valence-electron chi connectivity index (χ2n) is 5.62. The zero-order valence-corrected chi connectivity index (χ0v) is 10.6. The van der Waals surface area contributed by atoms with Crippen LogP contribution in [0.15, 0.2) is 18.5 Å². The predicted octanol–water partition coefficient (Wildman–Crippen LogP) is 1.81. The molecule has 2 N–H and O–H groups in total. The highest BCUT2D eigenvalue weighted by atomic mass is 19.1. The van der Waals surface area contributed by atoms with Crippen molar-refractivity contribution in [1.29, 1.82) is 0 Å². The molecule has 2 aliphatic rings. The lowest BCUT2D eigenvalue weighted by Crippen LogP contribution is -2.43. The molecule has 1 aromatic rings. The lowest BCUT2D eigenvalue weighted by molar-refractivity contribution is -0.144. The topological polar surface area (TPSA) is 62.2 Å². The highest BCUT2D eigenvalue weighted by molar-refractivity contribution is 5.72. The van der Waals surface area contributed by atoms with Gasteiger partial charge in [-0.15, -0.1) is 0 Å². The molecule has 2 fully saturated rings. The third-order valence-corrected chi connectivity index (χ3v) is 4.50. The molecular weight excluding hydrogens is 247 g/mol. The number of fused-ring (bicyclic) bond motifs is 2. The molecule has 19 heavy (non-hydrogen) atoms. The van der Waals surface area contributed by atoms with Gasteiger partial charge in [0.15, 0.2) is 0 Å². The predicted molar refractivity (Wildman–Crippen MR) is 66.8 cm³/mol. The number of carbonyl (C=O) groups is 1. The lowest BCUT2D eigenvalue weighted by Gasteiger charge is -2.29. The van der Waals surface area contributed by atoms with Gasteiger partial charge in [0.25, 0.3) is 0 Å². The third-order valence-electron chi connectivity index (χ3n) is 4.50. The van der Waals surface area contributed by atoms with Gasteiger partial charge >= 0.3 is 5.97 Å². The molecule has 2 aliphatic carbocycles. The number of hydrogen-bond donors (Lipinski definition) is 2. The molecule has 5 heteroatoms. The average molecular weight is 264 g/mol. The smallest absolute Gasteiger partial charge is 0.308 e. The largest absolute Gasteiger partial charge is 0.481 e. The Balaban J connectivity index is 1.67. The summed E-state index contributed by atoms with van der Waals surface area (Å²) in [7, 11) is 0. The molecule has 0 amide bonds. The fraction of sp³-hybridized carbons (Fsp3) is 0.571. The van der Waals surface area contributed by atoms with E-state index in [-0.39, 0.29) is 17.8 Å². The van der Waals surface area contributed by atoms with Crippen LogP contribution in [-0.2, 0) is 11.3 Å². The van der Waals surface area contributed by atoms with Gasteiger partial charge in [-0.05, 0) is 42.7 Å². The fourth-order valence-corrected chi connectivity index (χ4v) is 3.73. The number of aliphatic carboxylic acids is 1. The van der Waals surface area contributed by atoms with Crippen molar-refractivity contribution in [3.05, 3.63) is 29.8 Å². The molecule has 4 unspecified atom stereocenters. The Bertz CT molecular complexity index is 494. The minimum atomic E-state index is -0.706. The number of nitrogens with zero attached hydrogens (tertiary/aromatic N) is 1. The Morgan fingerprint density at radius 2 is 2.21 bits per heavy atom. The molecule has 102 valence electrons.